The molecule has 1 aromatic rings. The molecule has 1 amide bonds. The van der Waals surface area contributed by atoms with Crippen LogP contribution in [0, 0.1) is 5.92 Å². The van der Waals surface area contributed by atoms with Crippen LogP contribution in [0.4, 0.5) is 5.69 Å². The van der Waals surface area contributed by atoms with Crippen molar-refractivity contribution in [3.8, 4) is 0 Å². The Morgan fingerprint density at radius 2 is 1.88 bits per heavy atom. The molecule has 1 atom stereocenters. The fraction of sp³-hybridized carbons (Fsp3) is 0.533. The number of amides is 1. The quantitative estimate of drug-likeness (QED) is 0.701. The van der Waals surface area contributed by atoms with Gasteiger partial charge in [0, 0.05) is 11.6 Å². The van der Waals surface area contributed by atoms with Crippen molar-refractivity contribution in [1.82, 2.24) is 0 Å². The smallest absolute Gasteiger partial charge is 0.227 e. The summed E-state index contributed by atoms with van der Waals surface area (Å²) in [6, 6.07) is 9.65. The summed E-state index contributed by atoms with van der Waals surface area (Å²) in [6.07, 6.45) is 5.88. The lowest BCUT2D eigenvalue weighted by Gasteiger charge is -2.11. The highest BCUT2D eigenvalue weighted by Crippen LogP contribution is 2.13. The molecule has 1 aromatic carbocycles. The number of nitrogens with one attached hydrogen (secondary N) is 1. The van der Waals surface area contributed by atoms with Gasteiger partial charge in [-0.1, -0.05) is 57.7 Å². The van der Waals surface area contributed by atoms with Crippen molar-refractivity contribution >= 4 is 11.6 Å². The molecule has 0 bridgehead atoms. The van der Waals surface area contributed by atoms with E-state index in [2.05, 4.69) is 12.2 Å². The van der Waals surface area contributed by atoms with Crippen LogP contribution in [0.2, 0.25) is 0 Å². The molecule has 0 aliphatic rings. The monoisotopic (exact) mass is 233 g/mol. The topological polar surface area (TPSA) is 29.1 Å². The molecule has 0 aliphatic heterocycles. The Morgan fingerprint density at radius 1 is 1.18 bits per heavy atom. The van der Waals surface area contributed by atoms with Crippen LogP contribution >= 0.6 is 0 Å². The van der Waals surface area contributed by atoms with Gasteiger partial charge in [0.1, 0.15) is 0 Å². The summed E-state index contributed by atoms with van der Waals surface area (Å²) in [5.41, 5.74) is 0.887. The van der Waals surface area contributed by atoms with E-state index in [1.54, 1.807) is 0 Å². The van der Waals surface area contributed by atoms with Gasteiger partial charge in [-0.25, -0.2) is 0 Å². The lowest BCUT2D eigenvalue weighted by atomic mass is 10.0. The summed E-state index contributed by atoms with van der Waals surface area (Å²) >= 11 is 0. The maximum atomic E-state index is 11.9. The van der Waals surface area contributed by atoms with E-state index in [0.29, 0.717) is 0 Å². The number of unbranched alkanes of at least 4 members (excludes halogenated alkanes) is 3. The average molecular weight is 233 g/mol. The largest absolute Gasteiger partial charge is 0.326 e. The fourth-order valence-electron chi connectivity index (χ4n) is 1.80. The van der Waals surface area contributed by atoms with Gasteiger partial charge in [0.2, 0.25) is 5.91 Å². The molecule has 2 nitrogen and oxygen atoms in total. The lowest BCUT2D eigenvalue weighted by Crippen LogP contribution is -2.20. The van der Waals surface area contributed by atoms with Crippen LogP contribution in [0.15, 0.2) is 30.3 Å². The zero-order valence-corrected chi connectivity index (χ0v) is 10.9. The van der Waals surface area contributed by atoms with Gasteiger partial charge < -0.3 is 5.32 Å². The number of anilines is 1. The second-order valence-electron chi connectivity index (χ2n) is 4.61. The van der Waals surface area contributed by atoms with Crippen LogP contribution in [-0.2, 0) is 4.79 Å². The van der Waals surface area contributed by atoms with Gasteiger partial charge >= 0.3 is 0 Å². The molecule has 1 N–H and O–H groups in total. The van der Waals surface area contributed by atoms with Crippen molar-refractivity contribution in [2.45, 2.75) is 46.0 Å². The summed E-state index contributed by atoms with van der Waals surface area (Å²) in [7, 11) is 0. The van der Waals surface area contributed by atoms with Gasteiger partial charge in [0.05, 0.1) is 0 Å². The van der Waals surface area contributed by atoms with Crippen LogP contribution < -0.4 is 5.32 Å². The molecule has 1 rings (SSSR count). The summed E-state index contributed by atoms with van der Waals surface area (Å²) in [5, 5.41) is 2.94. The van der Waals surface area contributed by atoms with E-state index in [1.807, 2.05) is 37.3 Å². The molecule has 0 aromatic heterocycles. The predicted molar refractivity (Wildman–Crippen MR) is 73.0 cm³/mol. The highest BCUT2D eigenvalue weighted by molar-refractivity contribution is 5.92. The summed E-state index contributed by atoms with van der Waals surface area (Å²) in [5.74, 6) is 0.236. The van der Waals surface area contributed by atoms with E-state index in [0.717, 1.165) is 18.5 Å². The predicted octanol–water partition coefficient (Wildman–Crippen LogP) is 4.23. The Hall–Kier alpha value is -1.31. The number of benzene rings is 1. The van der Waals surface area contributed by atoms with E-state index in [9.17, 15) is 4.79 Å². The van der Waals surface area contributed by atoms with Gasteiger partial charge in [-0.2, -0.15) is 0 Å². The second-order valence-corrected chi connectivity index (χ2v) is 4.61. The van der Waals surface area contributed by atoms with E-state index in [1.165, 1.54) is 19.3 Å². The lowest BCUT2D eigenvalue weighted by molar-refractivity contribution is -0.119. The van der Waals surface area contributed by atoms with Crippen molar-refractivity contribution < 1.29 is 4.79 Å². The molecule has 17 heavy (non-hydrogen) atoms. The van der Waals surface area contributed by atoms with Crippen molar-refractivity contribution in [3.05, 3.63) is 30.3 Å². The number of rotatable bonds is 7. The van der Waals surface area contributed by atoms with E-state index in [-0.39, 0.29) is 11.8 Å². The Balaban J connectivity index is 2.27. The second kappa shape index (κ2) is 7.88. The van der Waals surface area contributed by atoms with E-state index < -0.39 is 0 Å². The summed E-state index contributed by atoms with van der Waals surface area (Å²) < 4.78 is 0. The van der Waals surface area contributed by atoms with Gasteiger partial charge in [0.25, 0.3) is 0 Å². The van der Waals surface area contributed by atoms with Crippen molar-refractivity contribution in [2.75, 3.05) is 5.32 Å². The molecule has 0 aliphatic carbocycles. The third-order valence-electron chi connectivity index (χ3n) is 2.98. The maximum Gasteiger partial charge on any atom is 0.227 e. The summed E-state index contributed by atoms with van der Waals surface area (Å²) in [4.78, 5) is 11.9. The average Bonchev–Trinajstić information content (AvgIpc) is 2.35. The highest BCUT2D eigenvalue weighted by Gasteiger charge is 2.12. The molecular weight excluding hydrogens is 210 g/mol. The number of carbonyl (C=O) groups is 1. The van der Waals surface area contributed by atoms with Gasteiger partial charge in [-0.15, -0.1) is 0 Å². The van der Waals surface area contributed by atoms with E-state index >= 15 is 0 Å². The molecule has 94 valence electrons. The molecule has 0 heterocycles. The maximum absolute atomic E-state index is 11.9. The van der Waals surface area contributed by atoms with Crippen molar-refractivity contribution in [1.29, 1.82) is 0 Å². The van der Waals surface area contributed by atoms with Gasteiger partial charge in [-0.05, 0) is 18.6 Å². The molecular formula is C15H23NO. The number of hydrogen-bond acceptors (Lipinski definition) is 1. The Labute approximate surface area is 104 Å². The molecule has 0 radical (unpaired) electrons. The minimum Gasteiger partial charge on any atom is -0.326 e. The third kappa shape index (κ3) is 5.53. The summed E-state index contributed by atoms with van der Waals surface area (Å²) in [6.45, 7) is 4.20. The fourth-order valence-corrected chi connectivity index (χ4v) is 1.80. The molecule has 2 heteroatoms. The van der Waals surface area contributed by atoms with Crippen LogP contribution in [0.3, 0.4) is 0 Å². The van der Waals surface area contributed by atoms with Gasteiger partial charge in [-0.3, -0.25) is 4.79 Å². The van der Waals surface area contributed by atoms with Crippen LogP contribution in [0.5, 0.6) is 0 Å². The minimum absolute atomic E-state index is 0.104. The van der Waals surface area contributed by atoms with E-state index in [4.69, 9.17) is 0 Å². The third-order valence-corrected chi connectivity index (χ3v) is 2.98. The van der Waals surface area contributed by atoms with Crippen molar-refractivity contribution in [3.63, 3.8) is 0 Å². The normalized spacial score (nSPS) is 12.1. The molecule has 0 fully saturated rings. The first-order valence-electron chi connectivity index (χ1n) is 6.60. The Kier molecular flexibility index (Phi) is 6.38. The van der Waals surface area contributed by atoms with Crippen LogP contribution in [0.25, 0.3) is 0 Å². The zero-order chi connectivity index (χ0) is 12.5. The van der Waals surface area contributed by atoms with Crippen LogP contribution in [-0.4, -0.2) is 5.91 Å². The minimum atomic E-state index is 0.104. The van der Waals surface area contributed by atoms with Crippen molar-refractivity contribution in [2.24, 2.45) is 5.92 Å². The molecule has 0 spiro atoms. The first-order chi connectivity index (χ1) is 8.24. The van der Waals surface area contributed by atoms with Gasteiger partial charge in [0.15, 0.2) is 0 Å². The number of carbonyl (C=O) groups excluding carboxylic acids is 1. The first kappa shape index (κ1) is 13.8. The standard InChI is InChI=1S/C15H23NO/c1-3-4-5-7-10-13(2)15(17)16-14-11-8-6-9-12-14/h6,8-9,11-13H,3-5,7,10H2,1-2H3,(H,16,17). The van der Waals surface area contributed by atoms with Crippen LogP contribution in [0.1, 0.15) is 46.0 Å². The Bertz CT molecular complexity index is 321. The molecule has 1 unspecified atom stereocenters. The zero-order valence-electron chi connectivity index (χ0n) is 10.9. The molecule has 0 saturated carbocycles. The number of hydrogen-bond donors (Lipinski definition) is 1. The SMILES string of the molecule is CCCCCCC(C)C(=O)Nc1ccccc1. The Morgan fingerprint density at radius 3 is 2.53 bits per heavy atom. The first-order valence-corrected chi connectivity index (χ1v) is 6.60. The molecule has 0 saturated heterocycles. The highest BCUT2D eigenvalue weighted by atomic mass is 16.1. The number of para-hydroxylation sites is 1.